The second-order valence-electron chi connectivity index (χ2n) is 2.67. The first-order valence-corrected chi connectivity index (χ1v) is 4.03. The molecule has 2 aromatic heterocycles. The molecule has 70 valence electrons. The lowest BCUT2D eigenvalue weighted by molar-refractivity contribution is 0.0989. The van der Waals surface area contributed by atoms with Gasteiger partial charge < -0.3 is 5.73 Å². The van der Waals surface area contributed by atoms with Gasteiger partial charge in [-0.1, -0.05) is 6.07 Å². The number of aromatic nitrogens is 3. The highest BCUT2D eigenvalue weighted by Crippen LogP contribution is 2.05. The maximum Gasteiger partial charge on any atom is 0.285 e. The molecule has 1 amide bonds. The molecular formula is C9H8N4O. The average molecular weight is 188 g/mol. The SMILES string of the molecule is NC(=O)c1nccn1-c1ccccn1. The first-order valence-electron chi connectivity index (χ1n) is 4.03. The van der Waals surface area contributed by atoms with E-state index in [0.29, 0.717) is 5.82 Å². The van der Waals surface area contributed by atoms with Gasteiger partial charge >= 0.3 is 0 Å². The van der Waals surface area contributed by atoms with Crippen molar-refractivity contribution >= 4 is 5.91 Å². The molecule has 5 nitrogen and oxygen atoms in total. The standard InChI is InChI=1S/C9H8N4O/c10-8(14)9-12-5-6-13(9)7-3-1-2-4-11-7/h1-6H,(H2,10,14). The van der Waals surface area contributed by atoms with Crippen LogP contribution in [-0.4, -0.2) is 20.4 Å². The highest BCUT2D eigenvalue weighted by molar-refractivity contribution is 5.89. The number of primary amides is 1. The molecule has 0 unspecified atom stereocenters. The van der Waals surface area contributed by atoms with Gasteiger partial charge in [-0.15, -0.1) is 0 Å². The van der Waals surface area contributed by atoms with Gasteiger partial charge in [0.1, 0.15) is 5.82 Å². The molecule has 0 aromatic carbocycles. The lowest BCUT2D eigenvalue weighted by Crippen LogP contribution is -2.17. The fourth-order valence-electron chi connectivity index (χ4n) is 1.17. The van der Waals surface area contributed by atoms with Gasteiger partial charge in [0.15, 0.2) is 0 Å². The molecule has 0 fully saturated rings. The van der Waals surface area contributed by atoms with Crippen molar-refractivity contribution in [2.24, 2.45) is 5.73 Å². The van der Waals surface area contributed by atoms with E-state index in [2.05, 4.69) is 9.97 Å². The van der Waals surface area contributed by atoms with Crippen LogP contribution in [0.15, 0.2) is 36.8 Å². The fraction of sp³-hybridized carbons (Fsp3) is 0. The molecule has 0 atom stereocenters. The molecule has 14 heavy (non-hydrogen) atoms. The van der Waals surface area contributed by atoms with Gasteiger partial charge in [-0.05, 0) is 12.1 Å². The molecule has 2 heterocycles. The first kappa shape index (κ1) is 8.43. The van der Waals surface area contributed by atoms with Crippen molar-refractivity contribution in [3.8, 4) is 5.82 Å². The van der Waals surface area contributed by atoms with Crippen molar-refractivity contribution < 1.29 is 4.79 Å². The summed E-state index contributed by atoms with van der Waals surface area (Å²) >= 11 is 0. The number of amides is 1. The minimum atomic E-state index is -0.569. The van der Waals surface area contributed by atoms with Gasteiger partial charge in [0.05, 0.1) is 0 Å². The number of nitrogens with two attached hydrogens (primary N) is 1. The van der Waals surface area contributed by atoms with Crippen molar-refractivity contribution in [2.45, 2.75) is 0 Å². The summed E-state index contributed by atoms with van der Waals surface area (Å²) in [7, 11) is 0. The molecule has 0 aliphatic carbocycles. The number of rotatable bonds is 2. The summed E-state index contributed by atoms with van der Waals surface area (Å²) in [5.41, 5.74) is 5.15. The Morgan fingerprint density at radius 2 is 2.14 bits per heavy atom. The van der Waals surface area contributed by atoms with E-state index >= 15 is 0 Å². The highest BCUT2D eigenvalue weighted by Gasteiger charge is 2.09. The number of nitrogens with zero attached hydrogens (tertiary/aromatic N) is 3. The molecule has 0 saturated carbocycles. The molecule has 0 radical (unpaired) electrons. The van der Waals surface area contributed by atoms with Crippen LogP contribution in [0.5, 0.6) is 0 Å². The van der Waals surface area contributed by atoms with Crippen molar-refractivity contribution in [3.05, 3.63) is 42.6 Å². The van der Waals surface area contributed by atoms with E-state index in [1.807, 2.05) is 6.07 Å². The summed E-state index contributed by atoms with van der Waals surface area (Å²) in [6.07, 6.45) is 4.79. The summed E-state index contributed by atoms with van der Waals surface area (Å²) in [4.78, 5) is 18.9. The average Bonchev–Trinajstić information content (AvgIpc) is 2.67. The summed E-state index contributed by atoms with van der Waals surface area (Å²) in [5.74, 6) is 0.239. The minimum absolute atomic E-state index is 0.184. The largest absolute Gasteiger partial charge is 0.363 e. The smallest absolute Gasteiger partial charge is 0.285 e. The number of hydrogen-bond acceptors (Lipinski definition) is 3. The van der Waals surface area contributed by atoms with Crippen LogP contribution in [-0.2, 0) is 0 Å². The number of carbonyl (C=O) groups is 1. The monoisotopic (exact) mass is 188 g/mol. The molecule has 2 N–H and O–H groups in total. The molecule has 0 aliphatic rings. The second kappa shape index (κ2) is 3.29. The van der Waals surface area contributed by atoms with E-state index in [4.69, 9.17) is 5.73 Å². The fourth-order valence-corrected chi connectivity index (χ4v) is 1.17. The number of hydrogen-bond donors (Lipinski definition) is 1. The molecule has 2 aromatic rings. The molecular weight excluding hydrogens is 180 g/mol. The maximum absolute atomic E-state index is 11.0. The van der Waals surface area contributed by atoms with E-state index in [1.165, 1.54) is 6.20 Å². The van der Waals surface area contributed by atoms with E-state index in [1.54, 1.807) is 29.1 Å². The zero-order valence-corrected chi connectivity index (χ0v) is 7.29. The van der Waals surface area contributed by atoms with Crippen molar-refractivity contribution in [3.63, 3.8) is 0 Å². The number of carbonyl (C=O) groups excluding carboxylic acids is 1. The molecule has 0 bridgehead atoms. The Kier molecular flexibility index (Phi) is 1.98. The van der Waals surface area contributed by atoms with E-state index in [-0.39, 0.29) is 5.82 Å². The quantitative estimate of drug-likeness (QED) is 0.739. The van der Waals surface area contributed by atoms with Crippen molar-refractivity contribution in [1.82, 2.24) is 14.5 Å². The molecule has 0 saturated heterocycles. The summed E-state index contributed by atoms with van der Waals surface area (Å²) in [5, 5.41) is 0. The molecule has 0 spiro atoms. The van der Waals surface area contributed by atoms with Crippen LogP contribution < -0.4 is 5.73 Å². The Hall–Kier alpha value is -2.17. The summed E-state index contributed by atoms with van der Waals surface area (Å²) in [6, 6.07) is 5.39. The number of imidazole rings is 1. The second-order valence-corrected chi connectivity index (χ2v) is 2.67. The lowest BCUT2D eigenvalue weighted by Gasteiger charge is -2.02. The highest BCUT2D eigenvalue weighted by atomic mass is 16.1. The van der Waals surface area contributed by atoms with Crippen LogP contribution >= 0.6 is 0 Å². The molecule has 5 heteroatoms. The Morgan fingerprint density at radius 3 is 2.79 bits per heavy atom. The number of pyridine rings is 1. The van der Waals surface area contributed by atoms with Gasteiger partial charge in [-0.25, -0.2) is 9.97 Å². The first-order chi connectivity index (χ1) is 6.79. The van der Waals surface area contributed by atoms with Crippen LogP contribution in [0.1, 0.15) is 10.6 Å². The molecule has 0 aliphatic heterocycles. The predicted octanol–water partition coefficient (Wildman–Crippen LogP) is 0.366. The van der Waals surface area contributed by atoms with Crippen molar-refractivity contribution in [2.75, 3.05) is 0 Å². The van der Waals surface area contributed by atoms with Gasteiger partial charge in [0, 0.05) is 18.6 Å². The topological polar surface area (TPSA) is 73.8 Å². The third kappa shape index (κ3) is 1.35. The van der Waals surface area contributed by atoms with Crippen LogP contribution in [0.25, 0.3) is 5.82 Å². The van der Waals surface area contributed by atoms with E-state index in [9.17, 15) is 4.79 Å². The van der Waals surface area contributed by atoms with Gasteiger partial charge in [0.25, 0.3) is 5.91 Å². The molecule has 2 rings (SSSR count). The van der Waals surface area contributed by atoms with Gasteiger partial charge in [-0.3, -0.25) is 9.36 Å². The Labute approximate surface area is 80.2 Å². The Bertz CT molecular complexity index is 449. The van der Waals surface area contributed by atoms with Gasteiger partial charge in [-0.2, -0.15) is 0 Å². The minimum Gasteiger partial charge on any atom is -0.363 e. The Balaban J connectivity index is 2.52. The lowest BCUT2D eigenvalue weighted by atomic mass is 10.4. The van der Waals surface area contributed by atoms with Gasteiger partial charge in [0.2, 0.25) is 5.82 Å². The maximum atomic E-state index is 11.0. The van der Waals surface area contributed by atoms with Crippen molar-refractivity contribution in [1.29, 1.82) is 0 Å². The summed E-state index contributed by atoms with van der Waals surface area (Å²) < 4.78 is 1.54. The van der Waals surface area contributed by atoms with E-state index in [0.717, 1.165) is 0 Å². The zero-order chi connectivity index (χ0) is 9.97. The van der Waals surface area contributed by atoms with Crippen LogP contribution in [0.2, 0.25) is 0 Å². The predicted molar refractivity (Wildman–Crippen MR) is 49.9 cm³/mol. The third-order valence-electron chi connectivity index (χ3n) is 1.76. The van der Waals surface area contributed by atoms with Crippen LogP contribution in [0.4, 0.5) is 0 Å². The van der Waals surface area contributed by atoms with Crippen LogP contribution in [0, 0.1) is 0 Å². The Morgan fingerprint density at radius 1 is 1.29 bits per heavy atom. The normalized spacial score (nSPS) is 10.0. The summed E-state index contributed by atoms with van der Waals surface area (Å²) in [6.45, 7) is 0. The van der Waals surface area contributed by atoms with E-state index < -0.39 is 5.91 Å². The van der Waals surface area contributed by atoms with Crippen LogP contribution in [0.3, 0.4) is 0 Å². The third-order valence-corrected chi connectivity index (χ3v) is 1.76. The zero-order valence-electron chi connectivity index (χ0n) is 7.29.